The number of Topliss-reactive ketones (excluding diaryl/α,β-unsaturated/α-hetero) is 1. The van der Waals surface area contributed by atoms with Gasteiger partial charge in [0.2, 0.25) is 0 Å². The predicted octanol–water partition coefficient (Wildman–Crippen LogP) is 3.21. The largest absolute Gasteiger partial charge is 0.469 e. The molecule has 1 aliphatic rings. The van der Waals surface area contributed by atoms with Gasteiger partial charge in [0.15, 0.2) is 0 Å². The second-order valence-electron chi connectivity index (χ2n) is 5.14. The summed E-state index contributed by atoms with van der Waals surface area (Å²) >= 11 is 0. The molecule has 1 atom stereocenters. The van der Waals surface area contributed by atoms with Crippen molar-refractivity contribution in [2.24, 2.45) is 10.9 Å². The highest BCUT2D eigenvalue weighted by atomic mass is 16.3. The molecule has 1 aromatic rings. The molecular weight excluding hydrogens is 214 g/mol. The standard InChI is InChI=1S/C14H19NO2/c1-10(2)9-15-12-6-11(7-13(16)8-12)14-4-3-5-17-14/h3-5,10-11H,6-9H2,1-2H3/t11-/m1/s1. The molecule has 0 amide bonds. The van der Waals surface area contributed by atoms with E-state index in [1.165, 1.54) is 0 Å². The lowest BCUT2D eigenvalue weighted by Crippen LogP contribution is -2.22. The van der Waals surface area contributed by atoms with Gasteiger partial charge in [-0.2, -0.15) is 0 Å². The summed E-state index contributed by atoms with van der Waals surface area (Å²) in [5.74, 6) is 1.93. The van der Waals surface area contributed by atoms with Crippen LogP contribution < -0.4 is 0 Å². The number of furan rings is 1. The van der Waals surface area contributed by atoms with Gasteiger partial charge >= 0.3 is 0 Å². The van der Waals surface area contributed by atoms with Gasteiger partial charge in [-0.25, -0.2) is 0 Å². The van der Waals surface area contributed by atoms with Gasteiger partial charge < -0.3 is 4.42 Å². The third-order valence-electron chi connectivity index (χ3n) is 2.98. The average Bonchev–Trinajstić information content (AvgIpc) is 2.79. The van der Waals surface area contributed by atoms with Crippen LogP contribution in [0.3, 0.4) is 0 Å². The SMILES string of the molecule is CC(C)CN=C1CC(=O)C[C@H](c2ccco2)C1. The monoisotopic (exact) mass is 233 g/mol. The van der Waals surface area contributed by atoms with Crippen LogP contribution in [0.5, 0.6) is 0 Å². The fourth-order valence-corrected chi connectivity index (χ4v) is 2.16. The molecule has 3 heteroatoms. The third-order valence-corrected chi connectivity index (χ3v) is 2.98. The predicted molar refractivity (Wildman–Crippen MR) is 67.4 cm³/mol. The number of ketones is 1. The normalized spacial score (nSPS) is 23.6. The first-order chi connectivity index (χ1) is 8.15. The maximum absolute atomic E-state index is 11.7. The average molecular weight is 233 g/mol. The molecule has 1 saturated carbocycles. The molecule has 0 N–H and O–H groups in total. The Morgan fingerprint density at radius 1 is 1.47 bits per heavy atom. The Balaban J connectivity index is 2.06. The van der Waals surface area contributed by atoms with Crippen molar-refractivity contribution in [2.75, 3.05) is 6.54 Å². The van der Waals surface area contributed by atoms with Crippen molar-refractivity contribution >= 4 is 11.5 Å². The van der Waals surface area contributed by atoms with Crippen molar-refractivity contribution in [2.45, 2.75) is 39.0 Å². The smallest absolute Gasteiger partial charge is 0.139 e. The molecule has 92 valence electrons. The summed E-state index contributed by atoms with van der Waals surface area (Å²) in [7, 11) is 0. The Labute approximate surface area is 102 Å². The second kappa shape index (κ2) is 5.30. The lowest BCUT2D eigenvalue weighted by atomic mass is 9.85. The van der Waals surface area contributed by atoms with Crippen LogP contribution in [0.4, 0.5) is 0 Å². The summed E-state index contributed by atoms with van der Waals surface area (Å²) in [4.78, 5) is 16.2. The molecule has 0 aromatic carbocycles. The molecule has 0 saturated heterocycles. The maximum Gasteiger partial charge on any atom is 0.139 e. The van der Waals surface area contributed by atoms with E-state index in [0.717, 1.165) is 24.4 Å². The van der Waals surface area contributed by atoms with E-state index in [0.29, 0.717) is 18.8 Å². The molecule has 0 spiro atoms. The number of hydrogen-bond donors (Lipinski definition) is 0. The minimum Gasteiger partial charge on any atom is -0.469 e. The zero-order valence-electron chi connectivity index (χ0n) is 10.5. The van der Waals surface area contributed by atoms with Crippen LogP contribution in [0.15, 0.2) is 27.8 Å². The van der Waals surface area contributed by atoms with Gasteiger partial charge in [-0.1, -0.05) is 13.8 Å². The number of aliphatic imine (C=N–C) groups is 1. The number of rotatable bonds is 3. The quantitative estimate of drug-likeness (QED) is 0.804. The first kappa shape index (κ1) is 12.1. The van der Waals surface area contributed by atoms with Gasteiger partial charge in [0, 0.05) is 31.0 Å². The Hall–Kier alpha value is -1.38. The van der Waals surface area contributed by atoms with Gasteiger partial charge in [0.1, 0.15) is 11.5 Å². The highest BCUT2D eigenvalue weighted by Crippen LogP contribution is 2.30. The van der Waals surface area contributed by atoms with E-state index in [1.54, 1.807) is 6.26 Å². The van der Waals surface area contributed by atoms with Crippen LogP contribution >= 0.6 is 0 Å². The van der Waals surface area contributed by atoms with E-state index >= 15 is 0 Å². The molecule has 1 heterocycles. The summed E-state index contributed by atoms with van der Waals surface area (Å²) in [6, 6.07) is 3.82. The first-order valence-corrected chi connectivity index (χ1v) is 6.22. The molecular formula is C14H19NO2. The molecule has 3 nitrogen and oxygen atoms in total. The fraction of sp³-hybridized carbons (Fsp3) is 0.571. The summed E-state index contributed by atoms with van der Waals surface area (Å²) < 4.78 is 5.39. The van der Waals surface area contributed by atoms with Crippen LogP contribution in [0.25, 0.3) is 0 Å². The van der Waals surface area contributed by atoms with Crippen molar-refractivity contribution in [1.29, 1.82) is 0 Å². The molecule has 0 bridgehead atoms. The molecule has 1 aromatic heterocycles. The lowest BCUT2D eigenvalue weighted by molar-refractivity contribution is -0.118. The summed E-state index contributed by atoms with van der Waals surface area (Å²) in [6.07, 6.45) is 3.66. The van der Waals surface area contributed by atoms with Crippen LogP contribution in [0, 0.1) is 5.92 Å². The van der Waals surface area contributed by atoms with Gasteiger partial charge in [0.25, 0.3) is 0 Å². The second-order valence-corrected chi connectivity index (χ2v) is 5.14. The summed E-state index contributed by atoms with van der Waals surface area (Å²) in [6.45, 7) is 5.09. The molecule has 0 unspecified atom stereocenters. The van der Waals surface area contributed by atoms with E-state index in [9.17, 15) is 4.79 Å². The molecule has 0 aliphatic heterocycles. The summed E-state index contributed by atoms with van der Waals surface area (Å²) in [5.41, 5.74) is 1.04. The maximum atomic E-state index is 11.7. The van der Waals surface area contributed by atoms with Gasteiger partial charge in [0.05, 0.1) is 6.26 Å². The molecule has 17 heavy (non-hydrogen) atoms. The van der Waals surface area contributed by atoms with E-state index in [4.69, 9.17) is 4.42 Å². The number of nitrogens with zero attached hydrogens (tertiary/aromatic N) is 1. The number of carbonyl (C=O) groups excluding carboxylic acids is 1. The minimum absolute atomic E-state index is 0.192. The van der Waals surface area contributed by atoms with E-state index in [1.807, 2.05) is 12.1 Å². The topological polar surface area (TPSA) is 42.6 Å². The van der Waals surface area contributed by atoms with E-state index in [2.05, 4.69) is 18.8 Å². The van der Waals surface area contributed by atoms with Crippen LogP contribution in [0.1, 0.15) is 44.8 Å². The van der Waals surface area contributed by atoms with Crippen LogP contribution in [-0.4, -0.2) is 18.0 Å². The van der Waals surface area contributed by atoms with Gasteiger partial charge in [-0.05, 0) is 24.5 Å². The molecule has 1 fully saturated rings. The minimum atomic E-state index is 0.192. The Morgan fingerprint density at radius 2 is 2.29 bits per heavy atom. The highest BCUT2D eigenvalue weighted by molar-refractivity contribution is 6.04. The number of carbonyl (C=O) groups is 1. The fourth-order valence-electron chi connectivity index (χ4n) is 2.16. The third kappa shape index (κ3) is 3.29. The Morgan fingerprint density at radius 3 is 2.94 bits per heavy atom. The van der Waals surface area contributed by atoms with Gasteiger partial charge in [-0.15, -0.1) is 0 Å². The highest BCUT2D eigenvalue weighted by Gasteiger charge is 2.26. The molecule has 2 rings (SSSR count). The van der Waals surface area contributed by atoms with Crippen molar-refractivity contribution < 1.29 is 9.21 Å². The van der Waals surface area contributed by atoms with Crippen molar-refractivity contribution in [1.82, 2.24) is 0 Å². The van der Waals surface area contributed by atoms with E-state index < -0.39 is 0 Å². The zero-order valence-corrected chi connectivity index (χ0v) is 10.5. The van der Waals surface area contributed by atoms with Crippen LogP contribution in [0.2, 0.25) is 0 Å². The van der Waals surface area contributed by atoms with Crippen molar-refractivity contribution in [3.05, 3.63) is 24.2 Å². The summed E-state index contributed by atoms with van der Waals surface area (Å²) in [5, 5.41) is 0. The van der Waals surface area contributed by atoms with Crippen molar-refractivity contribution in [3.63, 3.8) is 0 Å². The first-order valence-electron chi connectivity index (χ1n) is 6.22. The zero-order chi connectivity index (χ0) is 12.3. The Bertz CT molecular complexity index is 404. The number of hydrogen-bond acceptors (Lipinski definition) is 3. The molecule has 0 radical (unpaired) electrons. The molecule has 1 aliphatic carbocycles. The van der Waals surface area contributed by atoms with Crippen LogP contribution in [-0.2, 0) is 4.79 Å². The van der Waals surface area contributed by atoms with Gasteiger partial charge in [-0.3, -0.25) is 9.79 Å². The lowest BCUT2D eigenvalue weighted by Gasteiger charge is -2.21. The van der Waals surface area contributed by atoms with E-state index in [-0.39, 0.29) is 11.7 Å². The van der Waals surface area contributed by atoms with Crippen molar-refractivity contribution in [3.8, 4) is 0 Å². The Kier molecular flexibility index (Phi) is 3.77.